The van der Waals surface area contributed by atoms with Crippen LogP contribution in [0, 0.1) is 0 Å². The van der Waals surface area contributed by atoms with Gasteiger partial charge in [0.1, 0.15) is 5.15 Å². The van der Waals surface area contributed by atoms with E-state index in [-0.39, 0.29) is 0 Å². The minimum atomic E-state index is 0.599. The Labute approximate surface area is 185 Å². The molecule has 29 heavy (non-hydrogen) atoms. The molecule has 0 aliphatic carbocycles. The molecule has 1 aromatic heterocycles. The van der Waals surface area contributed by atoms with E-state index in [2.05, 4.69) is 51.6 Å². The fraction of sp³-hybridized carbons (Fsp3) is 0.318. The molecule has 0 atom stereocenters. The number of hydrogen-bond donors (Lipinski definition) is 1. The lowest BCUT2D eigenvalue weighted by Crippen LogP contribution is -2.35. The van der Waals surface area contributed by atoms with Gasteiger partial charge in [0.05, 0.1) is 18.1 Å². The Balaban J connectivity index is 1.25. The number of hydrogen-bond acceptors (Lipinski definition) is 6. The summed E-state index contributed by atoms with van der Waals surface area (Å²) in [6.45, 7) is 6.25. The molecule has 3 aromatic rings. The SMILES string of the molecule is Clc1nc(Sc2ccccc2)sc1CNCc1ccc(CN2CCOCC2)cc1. The van der Waals surface area contributed by atoms with E-state index < -0.39 is 0 Å². The highest BCUT2D eigenvalue weighted by Crippen LogP contribution is 2.34. The summed E-state index contributed by atoms with van der Waals surface area (Å²) >= 11 is 9.64. The number of benzene rings is 2. The third-order valence-electron chi connectivity index (χ3n) is 4.73. The van der Waals surface area contributed by atoms with E-state index in [1.807, 2.05) is 18.2 Å². The monoisotopic (exact) mass is 445 g/mol. The summed E-state index contributed by atoms with van der Waals surface area (Å²) in [7, 11) is 0. The first-order valence-corrected chi connectivity index (χ1v) is 11.7. The van der Waals surface area contributed by atoms with Gasteiger partial charge >= 0.3 is 0 Å². The molecule has 0 saturated carbocycles. The number of halogens is 1. The Morgan fingerprint density at radius 2 is 1.72 bits per heavy atom. The third kappa shape index (κ3) is 6.28. The fourth-order valence-electron chi connectivity index (χ4n) is 3.16. The maximum absolute atomic E-state index is 6.34. The van der Waals surface area contributed by atoms with Crippen molar-refractivity contribution < 1.29 is 4.74 Å². The molecule has 4 nitrogen and oxygen atoms in total. The smallest absolute Gasteiger partial charge is 0.156 e. The van der Waals surface area contributed by atoms with Crippen LogP contribution in [0.25, 0.3) is 0 Å². The topological polar surface area (TPSA) is 37.4 Å². The maximum atomic E-state index is 6.34. The van der Waals surface area contributed by atoms with Gasteiger partial charge in [-0.25, -0.2) is 4.98 Å². The van der Waals surface area contributed by atoms with Crippen molar-refractivity contribution in [3.63, 3.8) is 0 Å². The van der Waals surface area contributed by atoms with Crippen LogP contribution < -0.4 is 5.32 Å². The zero-order valence-electron chi connectivity index (χ0n) is 16.1. The average Bonchev–Trinajstić information content (AvgIpc) is 3.10. The number of aromatic nitrogens is 1. The molecule has 1 N–H and O–H groups in total. The summed E-state index contributed by atoms with van der Waals surface area (Å²) < 4.78 is 6.39. The summed E-state index contributed by atoms with van der Waals surface area (Å²) in [6, 6.07) is 19.1. The van der Waals surface area contributed by atoms with E-state index in [1.165, 1.54) is 16.0 Å². The Hall–Kier alpha value is -1.41. The maximum Gasteiger partial charge on any atom is 0.156 e. The van der Waals surface area contributed by atoms with Gasteiger partial charge in [0, 0.05) is 37.6 Å². The van der Waals surface area contributed by atoms with Crippen LogP contribution in [0.4, 0.5) is 0 Å². The van der Waals surface area contributed by atoms with Crippen molar-refractivity contribution in [3.8, 4) is 0 Å². The molecule has 0 bridgehead atoms. The second kappa shape index (κ2) is 10.6. The Morgan fingerprint density at radius 1 is 1.00 bits per heavy atom. The predicted octanol–water partition coefficient (Wildman–Crippen LogP) is 5.07. The fourth-order valence-corrected chi connectivity index (χ4v) is 5.56. The van der Waals surface area contributed by atoms with Crippen molar-refractivity contribution in [1.29, 1.82) is 0 Å². The standard InChI is InChI=1S/C22H24ClN3OS2/c23-21-20(29-22(25-21)28-19-4-2-1-3-5-19)15-24-14-17-6-8-18(9-7-17)16-26-10-12-27-13-11-26/h1-9,24H,10-16H2. The van der Waals surface area contributed by atoms with Crippen molar-refractivity contribution in [2.24, 2.45) is 0 Å². The Morgan fingerprint density at radius 3 is 2.48 bits per heavy atom. The summed E-state index contributed by atoms with van der Waals surface area (Å²) in [6.07, 6.45) is 0. The van der Waals surface area contributed by atoms with Crippen molar-refractivity contribution in [1.82, 2.24) is 15.2 Å². The lowest BCUT2D eigenvalue weighted by molar-refractivity contribution is 0.0342. The first kappa shape index (κ1) is 20.8. The first-order chi connectivity index (χ1) is 14.3. The molecule has 0 spiro atoms. The lowest BCUT2D eigenvalue weighted by Gasteiger charge is -2.26. The zero-order valence-corrected chi connectivity index (χ0v) is 18.5. The molecule has 0 unspecified atom stereocenters. The van der Waals surface area contributed by atoms with E-state index in [1.54, 1.807) is 23.1 Å². The van der Waals surface area contributed by atoms with E-state index in [0.717, 1.165) is 55.2 Å². The van der Waals surface area contributed by atoms with Crippen LogP contribution in [0.5, 0.6) is 0 Å². The molecule has 1 aliphatic rings. The molecule has 2 heterocycles. The second-order valence-corrected chi connectivity index (χ2v) is 9.68. The molecular weight excluding hydrogens is 422 g/mol. The molecule has 4 rings (SSSR count). The van der Waals surface area contributed by atoms with Crippen LogP contribution in [0.15, 0.2) is 63.8 Å². The molecule has 0 amide bonds. The van der Waals surface area contributed by atoms with E-state index in [4.69, 9.17) is 16.3 Å². The predicted molar refractivity (Wildman–Crippen MR) is 121 cm³/mol. The lowest BCUT2D eigenvalue weighted by atomic mass is 10.1. The van der Waals surface area contributed by atoms with Crippen molar-refractivity contribution >= 4 is 34.7 Å². The van der Waals surface area contributed by atoms with Gasteiger partial charge in [0.25, 0.3) is 0 Å². The minimum Gasteiger partial charge on any atom is -0.379 e. The number of thiazole rings is 1. The molecule has 1 fully saturated rings. The second-order valence-electron chi connectivity index (χ2n) is 6.92. The van der Waals surface area contributed by atoms with Crippen LogP contribution >= 0.6 is 34.7 Å². The average molecular weight is 446 g/mol. The molecule has 7 heteroatoms. The van der Waals surface area contributed by atoms with Crippen molar-refractivity contribution in [2.45, 2.75) is 28.9 Å². The molecule has 152 valence electrons. The highest BCUT2D eigenvalue weighted by atomic mass is 35.5. The first-order valence-electron chi connectivity index (χ1n) is 9.73. The molecular formula is C22H24ClN3OS2. The van der Waals surface area contributed by atoms with Crippen LogP contribution in [0.2, 0.25) is 5.15 Å². The van der Waals surface area contributed by atoms with E-state index in [0.29, 0.717) is 5.15 Å². The highest BCUT2D eigenvalue weighted by Gasteiger charge is 2.12. The van der Waals surface area contributed by atoms with Gasteiger partial charge in [0.15, 0.2) is 4.34 Å². The quantitative estimate of drug-likeness (QED) is 0.524. The molecule has 2 aromatic carbocycles. The van der Waals surface area contributed by atoms with Gasteiger partial charge in [0.2, 0.25) is 0 Å². The minimum absolute atomic E-state index is 0.599. The van der Waals surface area contributed by atoms with Gasteiger partial charge in [-0.3, -0.25) is 4.90 Å². The number of ether oxygens (including phenoxy) is 1. The summed E-state index contributed by atoms with van der Waals surface area (Å²) in [4.78, 5) is 9.18. The number of nitrogens with zero attached hydrogens (tertiary/aromatic N) is 2. The number of morpholine rings is 1. The summed E-state index contributed by atoms with van der Waals surface area (Å²) in [5.74, 6) is 0. The summed E-state index contributed by atoms with van der Waals surface area (Å²) in [5.41, 5.74) is 2.62. The highest BCUT2D eigenvalue weighted by molar-refractivity contribution is 8.01. The van der Waals surface area contributed by atoms with Gasteiger partial charge < -0.3 is 10.1 Å². The third-order valence-corrected chi connectivity index (χ3v) is 7.27. The Kier molecular flexibility index (Phi) is 7.60. The van der Waals surface area contributed by atoms with Gasteiger partial charge in [-0.05, 0) is 23.3 Å². The van der Waals surface area contributed by atoms with Crippen molar-refractivity contribution in [3.05, 3.63) is 75.8 Å². The van der Waals surface area contributed by atoms with Gasteiger partial charge in [-0.1, -0.05) is 65.8 Å². The zero-order chi connectivity index (χ0) is 19.9. The van der Waals surface area contributed by atoms with Crippen LogP contribution in [0.1, 0.15) is 16.0 Å². The molecule has 0 radical (unpaired) electrons. The summed E-state index contributed by atoms with van der Waals surface area (Å²) in [5, 5.41) is 4.09. The van der Waals surface area contributed by atoms with Crippen molar-refractivity contribution in [2.75, 3.05) is 26.3 Å². The molecule has 1 saturated heterocycles. The van der Waals surface area contributed by atoms with Gasteiger partial charge in [-0.2, -0.15) is 0 Å². The van der Waals surface area contributed by atoms with Crippen LogP contribution in [-0.2, 0) is 24.4 Å². The number of rotatable bonds is 8. The van der Waals surface area contributed by atoms with Crippen LogP contribution in [0.3, 0.4) is 0 Å². The normalized spacial score (nSPS) is 14.9. The van der Waals surface area contributed by atoms with Crippen LogP contribution in [-0.4, -0.2) is 36.2 Å². The van der Waals surface area contributed by atoms with Gasteiger partial charge in [-0.15, -0.1) is 11.3 Å². The van der Waals surface area contributed by atoms with E-state index >= 15 is 0 Å². The largest absolute Gasteiger partial charge is 0.379 e. The Bertz CT molecular complexity index is 896. The number of nitrogens with one attached hydrogen (secondary N) is 1. The molecule has 1 aliphatic heterocycles. The van der Waals surface area contributed by atoms with E-state index in [9.17, 15) is 0 Å².